The third kappa shape index (κ3) is 5.08. The molecule has 0 aliphatic carbocycles. The fourth-order valence-electron chi connectivity index (χ4n) is 2.44. The van der Waals surface area contributed by atoms with Crippen molar-refractivity contribution < 1.29 is 9.59 Å². The van der Waals surface area contributed by atoms with E-state index >= 15 is 0 Å². The van der Waals surface area contributed by atoms with Gasteiger partial charge in [0, 0.05) is 19.6 Å². The average Bonchev–Trinajstić information content (AvgIpc) is 2.61. The van der Waals surface area contributed by atoms with Crippen LogP contribution in [0.2, 0.25) is 0 Å². The highest BCUT2D eigenvalue weighted by atomic mass is 16.2. The van der Waals surface area contributed by atoms with E-state index in [1.807, 2.05) is 26.0 Å². The number of urea groups is 1. The molecule has 3 amide bonds. The Morgan fingerprint density at radius 1 is 1.12 bits per heavy atom. The summed E-state index contributed by atoms with van der Waals surface area (Å²) in [4.78, 5) is 26.3. The van der Waals surface area contributed by atoms with E-state index in [4.69, 9.17) is 5.26 Å². The van der Waals surface area contributed by atoms with Crippen molar-refractivity contribution in [1.82, 2.24) is 10.2 Å². The number of anilines is 1. The summed E-state index contributed by atoms with van der Waals surface area (Å²) in [5.41, 5.74) is 2.38. The molecule has 0 aromatic heterocycles. The van der Waals surface area contributed by atoms with Gasteiger partial charge in [0.1, 0.15) is 0 Å². The van der Waals surface area contributed by atoms with Gasteiger partial charge in [0.15, 0.2) is 0 Å². The summed E-state index contributed by atoms with van der Waals surface area (Å²) in [6.45, 7) is 4.13. The molecule has 0 aliphatic heterocycles. The SMILES string of the molecule is CC(C)NC(=O)Nc1ccccc1C(=O)N(C)Cc1ccc(C#N)cc1. The lowest BCUT2D eigenvalue weighted by Crippen LogP contribution is -2.35. The van der Waals surface area contributed by atoms with Gasteiger partial charge in [0.05, 0.1) is 22.9 Å². The molecule has 2 aromatic carbocycles. The molecular weight excluding hydrogens is 328 g/mol. The molecule has 0 heterocycles. The number of benzene rings is 2. The molecule has 0 spiro atoms. The molecule has 2 aromatic rings. The largest absolute Gasteiger partial charge is 0.337 e. The summed E-state index contributed by atoms with van der Waals surface area (Å²) in [5.74, 6) is -0.199. The minimum atomic E-state index is -0.352. The Kier molecular flexibility index (Phi) is 6.34. The van der Waals surface area contributed by atoms with E-state index in [1.165, 1.54) is 0 Å². The minimum Gasteiger partial charge on any atom is -0.337 e. The first-order valence-electron chi connectivity index (χ1n) is 8.31. The first kappa shape index (κ1) is 19.0. The van der Waals surface area contributed by atoms with Crippen molar-refractivity contribution in [3.63, 3.8) is 0 Å². The van der Waals surface area contributed by atoms with Crippen LogP contribution in [0.5, 0.6) is 0 Å². The molecule has 0 atom stereocenters. The number of para-hydroxylation sites is 1. The zero-order valence-electron chi connectivity index (χ0n) is 15.1. The van der Waals surface area contributed by atoms with Gasteiger partial charge < -0.3 is 15.5 Å². The van der Waals surface area contributed by atoms with E-state index in [2.05, 4.69) is 16.7 Å². The highest BCUT2D eigenvalue weighted by molar-refractivity contribution is 6.03. The Hall–Kier alpha value is -3.33. The topological polar surface area (TPSA) is 85.2 Å². The maximum atomic E-state index is 12.8. The van der Waals surface area contributed by atoms with Crippen molar-refractivity contribution in [3.8, 4) is 6.07 Å². The van der Waals surface area contributed by atoms with Gasteiger partial charge in [0.2, 0.25) is 0 Å². The van der Waals surface area contributed by atoms with Gasteiger partial charge in [-0.3, -0.25) is 4.79 Å². The van der Waals surface area contributed by atoms with Crippen LogP contribution in [0.4, 0.5) is 10.5 Å². The molecule has 0 unspecified atom stereocenters. The Labute approximate surface area is 153 Å². The van der Waals surface area contributed by atoms with E-state index in [1.54, 1.807) is 48.3 Å². The quantitative estimate of drug-likeness (QED) is 0.867. The van der Waals surface area contributed by atoms with Gasteiger partial charge in [-0.2, -0.15) is 5.26 Å². The maximum Gasteiger partial charge on any atom is 0.319 e. The van der Waals surface area contributed by atoms with Crippen molar-refractivity contribution in [1.29, 1.82) is 5.26 Å². The zero-order chi connectivity index (χ0) is 19.1. The summed E-state index contributed by atoms with van der Waals surface area (Å²) >= 11 is 0. The monoisotopic (exact) mass is 350 g/mol. The third-order valence-electron chi connectivity index (χ3n) is 3.67. The minimum absolute atomic E-state index is 0.00285. The Morgan fingerprint density at radius 2 is 1.77 bits per heavy atom. The number of carbonyl (C=O) groups excluding carboxylic acids is 2. The zero-order valence-corrected chi connectivity index (χ0v) is 15.1. The van der Waals surface area contributed by atoms with Crippen molar-refractivity contribution in [2.75, 3.05) is 12.4 Å². The van der Waals surface area contributed by atoms with E-state index in [-0.39, 0.29) is 18.0 Å². The predicted octanol–water partition coefficient (Wildman–Crippen LogP) is 3.36. The first-order chi connectivity index (χ1) is 12.4. The van der Waals surface area contributed by atoms with Crippen LogP contribution >= 0.6 is 0 Å². The predicted molar refractivity (Wildman–Crippen MR) is 101 cm³/mol. The number of rotatable bonds is 5. The van der Waals surface area contributed by atoms with Crippen LogP contribution in [0.3, 0.4) is 0 Å². The van der Waals surface area contributed by atoms with Crippen molar-refractivity contribution in [3.05, 3.63) is 65.2 Å². The second-order valence-electron chi connectivity index (χ2n) is 6.27. The molecule has 6 heteroatoms. The van der Waals surface area contributed by atoms with Crippen LogP contribution in [0.1, 0.15) is 35.3 Å². The molecule has 0 aliphatic rings. The molecule has 134 valence electrons. The summed E-state index contributed by atoms with van der Waals surface area (Å²) in [5, 5.41) is 14.3. The number of amides is 3. The Morgan fingerprint density at radius 3 is 2.38 bits per heavy atom. The van der Waals surface area contributed by atoms with E-state index in [9.17, 15) is 9.59 Å². The average molecular weight is 350 g/mol. The van der Waals surface area contributed by atoms with E-state index in [0.29, 0.717) is 23.4 Å². The normalized spacial score (nSPS) is 10.1. The number of carbonyl (C=O) groups is 2. The second kappa shape index (κ2) is 8.67. The lowest BCUT2D eigenvalue weighted by atomic mass is 10.1. The number of nitrogens with zero attached hydrogens (tertiary/aromatic N) is 2. The molecule has 0 saturated heterocycles. The van der Waals surface area contributed by atoms with Crippen molar-refractivity contribution in [2.45, 2.75) is 26.4 Å². The summed E-state index contributed by atoms with van der Waals surface area (Å²) in [7, 11) is 1.70. The summed E-state index contributed by atoms with van der Waals surface area (Å²) < 4.78 is 0. The maximum absolute atomic E-state index is 12.8. The van der Waals surface area contributed by atoms with Gasteiger partial charge in [-0.15, -0.1) is 0 Å². The molecule has 6 nitrogen and oxygen atoms in total. The Balaban J connectivity index is 2.12. The molecule has 0 fully saturated rings. The Bertz CT molecular complexity index is 822. The fourth-order valence-corrected chi connectivity index (χ4v) is 2.44. The summed E-state index contributed by atoms with van der Waals surface area (Å²) in [6.07, 6.45) is 0. The van der Waals surface area contributed by atoms with Crippen LogP contribution in [0.25, 0.3) is 0 Å². The van der Waals surface area contributed by atoms with Crippen molar-refractivity contribution in [2.24, 2.45) is 0 Å². The third-order valence-corrected chi connectivity index (χ3v) is 3.67. The van der Waals surface area contributed by atoms with Gasteiger partial charge in [-0.05, 0) is 43.7 Å². The lowest BCUT2D eigenvalue weighted by Gasteiger charge is -2.20. The highest BCUT2D eigenvalue weighted by Gasteiger charge is 2.17. The molecule has 26 heavy (non-hydrogen) atoms. The van der Waals surface area contributed by atoms with E-state index < -0.39 is 0 Å². The first-order valence-corrected chi connectivity index (χ1v) is 8.31. The molecule has 2 rings (SSSR count). The molecule has 0 saturated carbocycles. The molecule has 0 radical (unpaired) electrons. The van der Waals surface area contributed by atoms with Crippen molar-refractivity contribution >= 4 is 17.6 Å². The van der Waals surface area contributed by atoms with Gasteiger partial charge >= 0.3 is 6.03 Å². The van der Waals surface area contributed by atoms with Crippen LogP contribution < -0.4 is 10.6 Å². The lowest BCUT2D eigenvalue weighted by molar-refractivity contribution is 0.0786. The van der Waals surface area contributed by atoms with Crippen LogP contribution in [0.15, 0.2) is 48.5 Å². The number of nitriles is 1. The van der Waals surface area contributed by atoms with Gasteiger partial charge in [-0.1, -0.05) is 24.3 Å². The van der Waals surface area contributed by atoms with Crippen LogP contribution in [0, 0.1) is 11.3 Å². The number of hydrogen-bond donors (Lipinski definition) is 2. The van der Waals surface area contributed by atoms with Crippen LogP contribution in [-0.4, -0.2) is 29.9 Å². The second-order valence-corrected chi connectivity index (χ2v) is 6.27. The molecular formula is C20H22N4O2. The van der Waals surface area contributed by atoms with E-state index in [0.717, 1.165) is 5.56 Å². The standard InChI is InChI=1S/C20H22N4O2/c1-14(2)22-20(26)23-18-7-5-4-6-17(18)19(25)24(3)13-16-10-8-15(12-21)9-11-16/h4-11,14H,13H2,1-3H3,(H2,22,23,26). The number of hydrogen-bond acceptors (Lipinski definition) is 3. The molecule has 2 N–H and O–H groups in total. The highest BCUT2D eigenvalue weighted by Crippen LogP contribution is 2.18. The smallest absolute Gasteiger partial charge is 0.319 e. The van der Waals surface area contributed by atoms with Gasteiger partial charge in [0.25, 0.3) is 5.91 Å². The fraction of sp³-hybridized carbons (Fsp3) is 0.250. The summed E-state index contributed by atoms with van der Waals surface area (Å²) in [6, 6.07) is 15.7. The van der Waals surface area contributed by atoms with Gasteiger partial charge in [-0.25, -0.2) is 4.79 Å². The van der Waals surface area contributed by atoms with Crippen LogP contribution in [-0.2, 0) is 6.54 Å². The number of nitrogens with one attached hydrogen (secondary N) is 2. The molecule has 0 bridgehead atoms.